The fourth-order valence-corrected chi connectivity index (χ4v) is 3.30. The third-order valence-corrected chi connectivity index (χ3v) is 5.53. The lowest BCUT2D eigenvalue weighted by Crippen LogP contribution is -2.45. The largest absolute Gasteiger partial charge is 0.487 e. The van der Waals surface area contributed by atoms with E-state index >= 15 is 0 Å². The van der Waals surface area contributed by atoms with Gasteiger partial charge in [-0.3, -0.25) is 0 Å². The fourth-order valence-electron chi connectivity index (χ4n) is 3.18. The lowest BCUT2D eigenvalue weighted by molar-refractivity contribution is -0.0754. The SMILES string of the molecule is CC1(C)CC2=C(C=CC[C@@H]2c2ccc(Cl)cc2)OC1(C)C. The lowest BCUT2D eigenvalue weighted by Gasteiger charge is -2.48. The van der Waals surface area contributed by atoms with Crippen molar-refractivity contribution in [3.8, 4) is 0 Å². The molecule has 1 nitrogen and oxygen atoms in total. The monoisotopic (exact) mass is 302 g/mol. The molecular formula is C19H23ClO. The average molecular weight is 303 g/mol. The number of allylic oxidation sites excluding steroid dienone is 3. The lowest BCUT2D eigenvalue weighted by atomic mass is 9.67. The summed E-state index contributed by atoms with van der Waals surface area (Å²) in [4.78, 5) is 0. The topological polar surface area (TPSA) is 9.23 Å². The van der Waals surface area contributed by atoms with E-state index in [0.29, 0.717) is 5.92 Å². The maximum atomic E-state index is 6.34. The van der Waals surface area contributed by atoms with Crippen LogP contribution in [-0.4, -0.2) is 5.60 Å². The zero-order valence-corrected chi connectivity index (χ0v) is 14.0. The second kappa shape index (κ2) is 4.91. The predicted molar refractivity (Wildman–Crippen MR) is 88.5 cm³/mol. The molecule has 0 spiro atoms. The Kier molecular flexibility index (Phi) is 3.44. The Balaban J connectivity index is 2.01. The summed E-state index contributed by atoms with van der Waals surface area (Å²) in [5, 5.41) is 0.792. The summed E-state index contributed by atoms with van der Waals surface area (Å²) >= 11 is 6.02. The summed E-state index contributed by atoms with van der Waals surface area (Å²) in [6.07, 6.45) is 6.50. The van der Waals surface area contributed by atoms with Gasteiger partial charge in [0.1, 0.15) is 11.4 Å². The maximum absolute atomic E-state index is 6.34. The molecule has 1 heterocycles. The van der Waals surface area contributed by atoms with Crippen molar-refractivity contribution >= 4 is 11.6 Å². The van der Waals surface area contributed by atoms with Crippen molar-refractivity contribution in [1.82, 2.24) is 0 Å². The molecule has 0 saturated heterocycles. The molecule has 2 aliphatic rings. The number of halogens is 1. The van der Waals surface area contributed by atoms with E-state index in [1.54, 1.807) is 0 Å². The van der Waals surface area contributed by atoms with Crippen molar-refractivity contribution in [1.29, 1.82) is 0 Å². The van der Waals surface area contributed by atoms with Gasteiger partial charge in [-0.25, -0.2) is 0 Å². The first-order valence-electron chi connectivity index (χ1n) is 7.64. The Morgan fingerprint density at radius 1 is 1.10 bits per heavy atom. The third-order valence-electron chi connectivity index (χ3n) is 5.28. The molecule has 112 valence electrons. The van der Waals surface area contributed by atoms with E-state index in [9.17, 15) is 0 Å². The highest BCUT2D eigenvalue weighted by atomic mass is 35.5. The molecule has 1 aromatic carbocycles. The van der Waals surface area contributed by atoms with E-state index in [2.05, 4.69) is 52.0 Å². The van der Waals surface area contributed by atoms with Crippen LogP contribution < -0.4 is 0 Å². The second-order valence-electron chi connectivity index (χ2n) is 7.30. The van der Waals surface area contributed by atoms with Crippen LogP contribution in [0, 0.1) is 5.41 Å². The van der Waals surface area contributed by atoms with E-state index in [4.69, 9.17) is 16.3 Å². The van der Waals surface area contributed by atoms with Crippen LogP contribution in [0.2, 0.25) is 5.02 Å². The molecule has 1 atom stereocenters. The molecule has 0 N–H and O–H groups in total. The number of ether oxygens (including phenoxy) is 1. The standard InChI is InChI=1S/C19H23ClO/c1-18(2)12-16-15(13-8-10-14(20)11-9-13)6-5-7-17(16)21-19(18,3)4/h5,7-11,15H,6,12H2,1-4H3/t15-/m1/s1. The van der Waals surface area contributed by atoms with Gasteiger partial charge in [0.15, 0.2) is 0 Å². The van der Waals surface area contributed by atoms with Crippen LogP contribution >= 0.6 is 11.6 Å². The predicted octanol–water partition coefficient (Wildman–Crippen LogP) is 5.86. The molecule has 1 aromatic rings. The zero-order valence-electron chi connectivity index (χ0n) is 13.2. The van der Waals surface area contributed by atoms with Gasteiger partial charge in [-0.1, -0.05) is 43.7 Å². The van der Waals surface area contributed by atoms with Crippen molar-refractivity contribution in [2.45, 2.75) is 52.1 Å². The Hall–Kier alpha value is -1.21. The molecule has 0 fully saturated rings. The summed E-state index contributed by atoms with van der Waals surface area (Å²) in [7, 11) is 0. The van der Waals surface area contributed by atoms with Crippen LogP contribution in [0.3, 0.4) is 0 Å². The molecule has 1 aliphatic carbocycles. The highest BCUT2D eigenvalue weighted by Gasteiger charge is 2.45. The van der Waals surface area contributed by atoms with Crippen LogP contribution in [0.1, 0.15) is 52.0 Å². The summed E-state index contributed by atoms with van der Waals surface area (Å²) in [6.45, 7) is 8.98. The smallest absolute Gasteiger partial charge is 0.119 e. The van der Waals surface area contributed by atoms with Gasteiger partial charge >= 0.3 is 0 Å². The highest BCUT2D eigenvalue weighted by molar-refractivity contribution is 6.30. The van der Waals surface area contributed by atoms with Crippen molar-refractivity contribution in [3.63, 3.8) is 0 Å². The normalized spacial score (nSPS) is 26.2. The molecule has 0 aromatic heterocycles. The first-order valence-corrected chi connectivity index (χ1v) is 8.02. The fraction of sp³-hybridized carbons (Fsp3) is 0.474. The first-order chi connectivity index (χ1) is 9.80. The van der Waals surface area contributed by atoms with E-state index in [-0.39, 0.29) is 11.0 Å². The first kappa shape index (κ1) is 14.7. The molecular weight excluding hydrogens is 280 g/mol. The van der Waals surface area contributed by atoms with Gasteiger partial charge in [-0.05, 0) is 56.0 Å². The molecule has 2 heteroatoms. The molecule has 0 unspecified atom stereocenters. The van der Waals surface area contributed by atoms with Gasteiger partial charge in [-0.2, -0.15) is 0 Å². The van der Waals surface area contributed by atoms with Crippen LogP contribution in [0.15, 0.2) is 47.7 Å². The summed E-state index contributed by atoms with van der Waals surface area (Å²) in [6, 6.07) is 8.25. The quantitative estimate of drug-likeness (QED) is 0.631. The average Bonchev–Trinajstić information content (AvgIpc) is 2.40. The second-order valence-corrected chi connectivity index (χ2v) is 7.74. The van der Waals surface area contributed by atoms with Crippen molar-refractivity contribution < 1.29 is 4.74 Å². The third kappa shape index (κ3) is 2.53. The van der Waals surface area contributed by atoms with E-state index in [1.807, 2.05) is 12.1 Å². The van der Waals surface area contributed by atoms with Crippen molar-refractivity contribution in [2.24, 2.45) is 5.41 Å². The summed E-state index contributed by atoms with van der Waals surface area (Å²) in [5.41, 5.74) is 2.75. The van der Waals surface area contributed by atoms with Crippen LogP contribution in [0.25, 0.3) is 0 Å². The Morgan fingerprint density at radius 3 is 2.43 bits per heavy atom. The van der Waals surface area contributed by atoms with E-state index in [0.717, 1.165) is 23.6 Å². The molecule has 0 bridgehead atoms. The number of hydrogen-bond donors (Lipinski definition) is 0. The molecule has 21 heavy (non-hydrogen) atoms. The summed E-state index contributed by atoms with van der Waals surface area (Å²) in [5.74, 6) is 1.49. The Bertz CT molecular complexity index is 605. The number of hydrogen-bond acceptors (Lipinski definition) is 1. The molecule has 1 aliphatic heterocycles. The van der Waals surface area contributed by atoms with Gasteiger partial charge in [0.2, 0.25) is 0 Å². The zero-order chi connectivity index (χ0) is 15.3. The van der Waals surface area contributed by atoms with Gasteiger partial charge in [0.05, 0.1) is 0 Å². The molecule has 0 radical (unpaired) electrons. The molecule has 0 amide bonds. The Labute approximate surface area is 132 Å². The van der Waals surface area contributed by atoms with Crippen LogP contribution in [0.5, 0.6) is 0 Å². The summed E-state index contributed by atoms with van der Waals surface area (Å²) < 4.78 is 6.34. The number of rotatable bonds is 1. The van der Waals surface area contributed by atoms with Crippen molar-refractivity contribution in [3.05, 3.63) is 58.3 Å². The van der Waals surface area contributed by atoms with E-state index in [1.165, 1.54) is 11.1 Å². The van der Waals surface area contributed by atoms with Gasteiger partial charge in [0, 0.05) is 16.4 Å². The maximum Gasteiger partial charge on any atom is 0.119 e. The van der Waals surface area contributed by atoms with Gasteiger partial charge in [-0.15, -0.1) is 0 Å². The van der Waals surface area contributed by atoms with Crippen LogP contribution in [-0.2, 0) is 4.74 Å². The minimum Gasteiger partial charge on any atom is -0.487 e. The number of benzene rings is 1. The van der Waals surface area contributed by atoms with Crippen molar-refractivity contribution in [2.75, 3.05) is 0 Å². The van der Waals surface area contributed by atoms with Gasteiger partial charge in [0.25, 0.3) is 0 Å². The minimum atomic E-state index is -0.141. The molecule has 3 rings (SSSR count). The van der Waals surface area contributed by atoms with Crippen LogP contribution in [0.4, 0.5) is 0 Å². The minimum absolute atomic E-state index is 0.127. The highest BCUT2D eigenvalue weighted by Crippen LogP contribution is 2.51. The molecule has 0 saturated carbocycles. The Morgan fingerprint density at radius 2 is 1.76 bits per heavy atom. The van der Waals surface area contributed by atoms with E-state index < -0.39 is 0 Å². The van der Waals surface area contributed by atoms with Gasteiger partial charge < -0.3 is 4.74 Å².